The molecule has 20 heavy (non-hydrogen) atoms. The van der Waals surface area contributed by atoms with Gasteiger partial charge in [0.1, 0.15) is 0 Å². The minimum Gasteiger partial charge on any atom is -0.478 e. The van der Waals surface area contributed by atoms with Crippen LogP contribution in [-0.4, -0.2) is 15.3 Å². The highest BCUT2D eigenvalue weighted by Gasteiger charge is 2.13. The maximum Gasteiger partial charge on any atom is 0.336 e. The summed E-state index contributed by atoms with van der Waals surface area (Å²) in [4.78, 5) is 11.6. The van der Waals surface area contributed by atoms with Gasteiger partial charge in [-0.2, -0.15) is 0 Å². The first-order chi connectivity index (χ1) is 9.49. The molecule has 0 bridgehead atoms. The van der Waals surface area contributed by atoms with Crippen molar-refractivity contribution in [2.45, 2.75) is 17.6 Å². The number of carboxylic acids is 1. The van der Waals surface area contributed by atoms with Crippen LogP contribution in [0, 0.1) is 6.92 Å². The number of aromatic carboxylic acids is 1. The molecule has 0 aliphatic rings. The lowest BCUT2D eigenvalue weighted by molar-refractivity contribution is 0.0695. The van der Waals surface area contributed by atoms with E-state index >= 15 is 0 Å². The molecular formula is C15H13BrO3S. The van der Waals surface area contributed by atoms with Crippen LogP contribution in [0.3, 0.4) is 0 Å². The smallest absolute Gasteiger partial charge is 0.336 e. The molecule has 0 amide bonds. The highest BCUT2D eigenvalue weighted by Crippen LogP contribution is 2.22. The van der Waals surface area contributed by atoms with E-state index in [-0.39, 0.29) is 5.56 Å². The average Bonchev–Trinajstić information content (AvgIpc) is 2.41. The van der Waals surface area contributed by atoms with Crippen molar-refractivity contribution in [2.75, 3.05) is 0 Å². The topological polar surface area (TPSA) is 54.4 Å². The number of aryl methyl sites for hydroxylation is 1. The Kier molecular flexibility index (Phi) is 4.73. The van der Waals surface area contributed by atoms with Crippen LogP contribution in [0.2, 0.25) is 0 Å². The van der Waals surface area contributed by atoms with E-state index < -0.39 is 16.8 Å². The summed E-state index contributed by atoms with van der Waals surface area (Å²) < 4.78 is 12.8. The molecule has 104 valence electrons. The Balaban J connectivity index is 2.28. The quantitative estimate of drug-likeness (QED) is 0.911. The number of rotatable bonds is 4. The van der Waals surface area contributed by atoms with E-state index in [0.29, 0.717) is 15.1 Å². The molecule has 0 aliphatic heterocycles. The Labute approximate surface area is 128 Å². The Hall–Kier alpha value is -1.46. The van der Waals surface area contributed by atoms with Crippen LogP contribution in [0.5, 0.6) is 0 Å². The van der Waals surface area contributed by atoms with E-state index in [1.807, 2.05) is 31.2 Å². The van der Waals surface area contributed by atoms with Crippen molar-refractivity contribution in [2.24, 2.45) is 0 Å². The Bertz CT molecular complexity index is 683. The number of benzene rings is 2. The summed E-state index contributed by atoms with van der Waals surface area (Å²) in [7, 11) is -1.26. The first-order valence-electron chi connectivity index (χ1n) is 5.95. The second-order valence-corrected chi connectivity index (χ2v) is 6.67. The lowest BCUT2D eigenvalue weighted by Crippen LogP contribution is -2.02. The third-order valence-electron chi connectivity index (χ3n) is 2.98. The zero-order valence-electron chi connectivity index (χ0n) is 10.8. The molecule has 0 saturated carbocycles. The van der Waals surface area contributed by atoms with Crippen molar-refractivity contribution in [3.63, 3.8) is 0 Å². The third kappa shape index (κ3) is 3.35. The molecule has 0 heterocycles. The number of carboxylic acid groups (broad SMARTS) is 1. The molecule has 1 atom stereocenters. The second-order valence-electron chi connectivity index (χ2n) is 4.36. The Morgan fingerprint density at radius 2 is 1.95 bits per heavy atom. The summed E-state index contributed by atoms with van der Waals surface area (Å²) in [6.45, 7) is 1.97. The van der Waals surface area contributed by atoms with Gasteiger partial charge in [-0.3, -0.25) is 4.21 Å². The van der Waals surface area contributed by atoms with Crippen molar-refractivity contribution in [1.29, 1.82) is 0 Å². The van der Waals surface area contributed by atoms with Gasteiger partial charge in [-0.25, -0.2) is 4.79 Å². The summed E-state index contributed by atoms with van der Waals surface area (Å²) in [5.74, 6) is -0.653. The minimum absolute atomic E-state index is 0.126. The van der Waals surface area contributed by atoms with Crippen molar-refractivity contribution >= 4 is 32.7 Å². The van der Waals surface area contributed by atoms with Gasteiger partial charge in [-0.15, -0.1) is 0 Å². The lowest BCUT2D eigenvalue weighted by atomic mass is 10.1. The zero-order chi connectivity index (χ0) is 14.7. The van der Waals surface area contributed by atoms with E-state index in [2.05, 4.69) is 15.9 Å². The van der Waals surface area contributed by atoms with E-state index in [1.165, 1.54) is 6.07 Å². The molecule has 0 aliphatic carbocycles. The van der Waals surface area contributed by atoms with Crippen LogP contribution in [-0.2, 0) is 16.6 Å². The van der Waals surface area contributed by atoms with Crippen LogP contribution < -0.4 is 0 Å². The van der Waals surface area contributed by atoms with Crippen LogP contribution in [0.15, 0.2) is 51.8 Å². The fourth-order valence-electron chi connectivity index (χ4n) is 1.81. The van der Waals surface area contributed by atoms with Gasteiger partial charge in [0, 0.05) is 9.37 Å². The van der Waals surface area contributed by atoms with Crippen molar-refractivity contribution in [1.82, 2.24) is 0 Å². The van der Waals surface area contributed by atoms with Crippen LogP contribution >= 0.6 is 15.9 Å². The van der Waals surface area contributed by atoms with E-state index in [0.717, 1.165) is 11.1 Å². The van der Waals surface area contributed by atoms with E-state index in [1.54, 1.807) is 12.1 Å². The highest BCUT2D eigenvalue weighted by atomic mass is 79.9. The van der Waals surface area contributed by atoms with E-state index in [9.17, 15) is 9.00 Å². The Morgan fingerprint density at radius 1 is 1.25 bits per heavy atom. The monoisotopic (exact) mass is 352 g/mol. The molecular weight excluding hydrogens is 340 g/mol. The summed E-state index contributed by atoms with van der Waals surface area (Å²) >= 11 is 3.18. The third-order valence-corrected chi connectivity index (χ3v) is 5.02. The fraction of sp³-hybridized carbons (Fsp3) is 0.133. The standard InChI is InChI=1S/C15H13BrO3S/c1-10-4-2-3-5-11(10)9-20(19)12-6-7-14(16)13(8-12)15(17)18/h2-8H,9H2,1H3,(H,17,18). The van der Waals surface area contributed by atoms with Crippen LogP contribution in [0.4, 0.5) is 0 Å². The summed E-state index contributed by atoms with van der Waals surface area (Å²) in [5.41, 5.74) is 2.21. The van der Waals surface area contributed by atoms with Gasteiger partial charge in [0.2, 0.25) is 0 Å². The van der Waals surface area contributed by atoms with Gasteiger partial charge in [-0.05, 0) is 52.2 Å². The molecule has 2 aromatic rings. The van der Waals surface area contributed by atoms with E-state index in [4.69, 9.17) is 5.11 Å². The molecule has 2 aromatic carbocycles. The maximum atomic E-state index is 12.4. The van der Waals surface area contributed by atoms with Gasteiger partial charge in [-0.1, -0.05) is 24.3 Å². The number of halogens is 1. The number of carbonyl (C=O) groups is 1. The molecule has 0 radical (unpaired) electrons. The van der Waals surface area contributed by atoms with Crippen LogP contribution in [0.25, 0.3) is 0 Å². The number of hydrogen-bond acceptors (Lipinski definition) is 2. The first kappa shape index (κ1) is 14.9. The normalized spacial score (nSPS) is 12.1. The minimum atomic E-state index is -1.26. The average molecular weight is 353 g/mol. The van der Waals surface area contributed by atoms with Gasteiger partial charge in [0.05, 0.1) is 22.1 Å². The molecule has 2 rings (SSSR count). The van der Waals surface area contributed by atoms with Gasteiger partial charge in [0.25, 0.3) is 0 Å². The molecule has 0 saturated heterocycles. The first-order valence-corrected chi connectivity index (χ1v) is 8.06. The SMILES string of the molecule is Cc1ccccc1CS(=O)c1ccc(Br)c(C(=O)O)c1. The summed E-state index contributed by atoms with van der Waals surface area (Å²) in [5, 5.41) is 9.08. The number of hydrogen-bond donors (Lipinski definition) is 1. The fourth-order valence-corrected chi connectivity index (χ4v) is 3.46. The lowest BCUT2D eigenvalue weighted by Gasteiger charge is -2.07. The van der Waals surface area contributed by atoms with Crippen LogP contribution in [0.1, 0.15) is 21.5 Å². The molecule has 0 spiro atoms. The molecule has 1 unspecified atom stereocenters. The summed E-state index contributed by atoms with van der Waals surface area (Å²) in [6.07, 6.45) is 0. The molecule has 1 N–H and O–H groups in total. The van der Waals surface area contributed by atoms with Crippen molar-refractivity contribution in [3.8, 4) is 0 Å². The Morgan fingerprint density at radius 3 is 2.60 bits per heavy atom. The van der Waals surface area contributed by atoms with Gasteiger partial charge < -0.3 is 5.11 Å². The molecule has 0 aromatic heterocycles. The summed E-state index contributed by atoms with van der Waals surface area (Å²) in [6, 6.07) is 12.5. The highest BCUT2D eigenvalue weighted by molar-refractivity contribution is 9.10. The largest absolute Gasteiger partial charge is 0.478 e. The van der Waals surface area contributed by atoms with Crippen molar-refractivity contribution in [3.05, 3.63) is 63.6 Å². The predicted molar refractivity (Wildman–Crippen MR) is 82.4 cm³/mol. The second kappa shape index (κ2) is 6.33. The molecule has 0 fully saturated rings. The molecule has 5 heteroatoms. The zero-order valence-corrected chi connectivity index (χ0v) is 13.2. The maximum absolute atomic E-state index is 12.4. The molecule has 3 nitrogen and oxygen atoms in total. The van der Waals surface area contributed by atoms with Crippen molar-refractivity contribution < 1.29 is 14.1 Å². The predicted octanol–water partition coefficient (Wildman–Crippen LogP) is 3.76. The van der Waals surface area contributed by atoms with Gasteiger partial charge in [0.15, 0.2) is 0 Å². The van der Waals surface area contributed by atoms with Gasteiger partial charge >= 0.3 is 5.97 Å².